The Kier molecular flexibility index (Phi) is 5.79. The van der Waals surface area contributed by atoms with Crippen LogP contribution in [0.2, 0.25) is 0 Å². The highest BCUT2D eigenvalue weighted by Crippen LogP contribution is 2.26. The normalized spacial score (nSPS) is 21.1. The molecule has 4 nitrogen and oxygen atoms in total. The van der Waals surface area contributed by atoms with E-state index in [0.29, 0.717) is 11.4 Å². The average Bonchev–Trinajstić information content (AvgIpc) is 2.73. The van der Waals surface area contributed by atoms with Gasteiger partial charge in [0.05, 0.1) is 4.90 Å². The van der Waals surface area contributed by atoms with E-state index in [2.05, 4.69) is 12.2 Å². The highest BCUT2D eigenvalue weighted by Gasteiger charge is 2.31. The van der Waals surface area contributed by atoms with Crippen molar-refractivity contribution in [2.45, 2.75) is 56.5 Å². The van der Waals surface area contributed by atoms with Crippen molar-refractivity contribution in [3.8, 4) is 0 Å². The summed E-state index contributed by atoms with van der Waals surface area (Å²) in [6.07, 6.45) is 5.09. The fraction of sp³-hybridized carbons (Fsp3) is 0.625. The number of nitrogens with zero attached hydrogens (tertiary/aromatic N) is 1. The van der Waals surface area contributed by atoms with Gasteiger partial charge in [-0.25, -0.2) is 8.42 Å². The van der Waals surface area contributed by atoms with Gasteiger partial charge in [0.2, 0.25) is 10.0 Å². The fourth-order valence-electron chi connectivity index (χ4n) is 2.99. The van der Waals surface area contributed by atoms with Gasteiger partial charge in [0.25, 0.3) is 0 Å². The molecule has 1 atom stereocenters. The van der Waals surface area contributed by atoms with Crippen LogP contribution in [0, 0.1) is 0 Å². The summed E-state index contributed by atoms with van der Waals surface area (Å²) in [5.41, 5.74) is 1.10. The van der Waals surface area contributed by atoms with Crippen molar-refractivity contribution < 1.29 is 8.42 Å². The van der Waals surface area contributed by atoms with Gasteiger partial charge in [-0.3, -0.25) is 0 Å². The van der Waals surface area contributed by atoms with E-state index in [9.17, 15) is 8.42 Å². The van der Waals surface area contributed by atoms with E-state index in [1.807, 2.05) is 19.2 Å². The van der Waals surface area contributed by atoms with Crippen LogP contribution in [-0.4, -0.2) is 32.4 Å². The minimum absolute atomic E-state index is 0.148. The first-order valence-electron chi connectivity index (χ1n) is 7.85. The van der Waals surface area contributed by atoms with Crippen LogP contribution in [0.15, 0.2) is 29.2 Å². The number of sulfonamides is 1. The Balaban J connectivity index is 2.26. The molecule has 118 valence electrons. The van der Waals surface area contributed by atoms with Gasteiger partial charge in [0.1, 0.15) is 0 Å². The van der Waals surface area contributed by atoms with E-state index in [0.717, 1.165) is 44.2 Å². The number of benzene rings is 1. The first-order chi connectivity index (χ1) is 10.1. The second kappa shape index (κ2) is 7.38. The van der Waals surface area contributed by atoms with Crippen LogP contribution < -0.4 is 5.32 Å². The quantitative estimate of drug-likeness (QED) is 0.910. The Hall–Kier alpha value is -0.910. The number of nitrogens with one attached hydrogen (secondary N) is 1. The SMILES string of the molecule is CCC1CCCCCN1S(=O)(=O)c1ccc(CNC)cc1. The molecular formula is C16H26N2O2S. The molecule has 1 N–H and O–H groups in total. The van der Waals surface area contributed by atoms with E-state index in [-0.39, 0.29) is 6.04 Å². The molecule has 0 saturated carbocycles. The van der Waals surface area contributed by atoms with Crippen molar-refractivity contribution in [2.24, 2.45) is 0 Å². The Morgan fingerprint density at radius 1 is 1.19 bits per heavy atom. The fourth-order valence-corrected chi connectivity index (χ4v) is 4.76. The molecule has 0 amide bonds. The molecule has 0 radical (unpaired) electrons. The maximum Gasteiger partial charge on any atom is 0.243 e. The maximum absolute atomic E-state index is 12.9. The minimum atomic E-state index is -3.37. The summed E-state index contributed by atoms with van der Waals surface area (Å²) < 4.78 is 27.5. The summed E-state index contributed by atoms with van der Waals surface area (Å²) in [5, 5.41) is 3.07. The third-order valence-corrected chi connectivity index (χ3v) is 6.17. The van der Waals surface area contributed by atoms with E-state index in [1.165, 1.54) is 0 Å². The zero-order valence-corrected chi connectivity index (χ0v) is 13.8. The van der Waals surface area contributed by atoms with Gasteiger partial charge >= 0.3 is 0 Å². The Morgan fingerprint density at radius 2 is 1.90 bits per heavy atom. The second-order valence-corrected chi connectivity index (χ2v) is 7.59. The third kappa shape index (κ3) is 3.84. The van der Waals surface area contributed by atoms with Gasteiger partial charge in [-0.2, -0.15) is 4.31 Å². The topological polar surface area (TPSA) is 49.4 Å². The predicted molar refractivity (Wildman–Crippen MR) is 85.6 cm³/mol. The summed E-state index contributed by atoms with van der Waals surface area (Å²) in [7, 11) is -1.48. The maximum atomic E-state index is 12.9. The lowest BCUT2D eigenvalue weighted by Gasteiger charge is -2.28. The van der Waals surface area contributed by atoms with Crippen LogP contribution in [0.1, 0.15) is 44.6 Å². The zero-order chi connectivity index (χ0) is 15.3. The summed E-state index contributed by atoms with van der Waals surface area (Å²) in [5.74, 6) is 0. The van der Waals surface area contributed by atoms with Gasteiger partial charge in [0.15, 0.2) is 0 Å². The molecule has 5 heteroatoms. The summed E-state index contributed by atoms with van der Waals surface area (Å²) in [6, 6.07) is 7.40. The molecule has 0 aromatic heterocycles. The molecule has 1 fully saturated rings. The third-order valence-electron chi connectivity index (χ3n) is 4.21. The standard InChI is InChI=1S/C16H26N2O2S/c1-3-15-7-5-4-6-12-18(15)21(19,20)16-10-8-14(9-11-16)13-17-2/h8-11,15,17H,3-7,12-13H2,1-2H3. The first-order valence-corrected chi connectivity index (χ1v) is 9.29. The second-order valence-electron chi connectivity index (χ2n) is 5.70. The van der Waals surface area contributed by atoms with Gasteiger partial charge in [0, 0.05) is 19.1 Å². The lowest BCUT2D eigenvalue weighted by atomic mass is 10.1. The molecule has 1 unspecified atom stereocenters. The van der Waals surface area contributed by atoms with E-state index < -0.39 is 10.0 Å². The molecule has 0 bridgehead atoms. The molecule has 1 saturated heterocycles. The van der Waals surface area contributed by atoms with Crippen LogP contribution in [0.3, 0.4) is 0 Å². The van der Waals surface area contributed by atoms with Crippen LogP contribution in [0.25, 0.3) is 0 Å². The zero-order valence-electron chi connectivity index (χ0n) is 13.0. The summed E-state index contributed by atoms with van der Waals surface area (Å²) >= 11 is 0. The predicted octanol–water partition coefficient (Wildman–Crippen LogP) is 2.75. The molecule has 21 heavy (non-hydrogen) atoms. The smallest absolute Gasteiger partial charge is 0.243 e. The number of hydrogen-bond donors (Lipinski definition) is 1. The van der Waals surface area contributed by atoms with Gasteiger partial charge in [-0.05, 0) is 44.0 Å². The number of hydrogen-bond acceptors (Lipinski definition) is 3. The highest BCUT2D eigenvalue weighted by molar-refractivity contribution is 7.89. The van der Waals surface area contributed by atoms with Gasteiger partial charge < -0.3 is 5.32 Å². The van der Waals surface area contributed by atoms with E-state index in [1.54, 1.807) is 16.4 Å². The molecular weight excluding hydrogens is 284 g/mol. The average molecular weight is 310 g/mol. The van der Waals surface area contributed by atoms with Crippen molar-refractivity contribution in [2.75, 3.05) is 13.6 Å². The van der Waals surface area contributed by atoms with Gasteiger partial charge in [-0.15, -0.1) is 0 Å². The van der Waals surface area contributed by atoms with Crippen LogP contribution in [0.5, 0.6) is 0 Å². The largest absolute Gasteiger partial charge is 0.316 e. The first kappa shape index (κ1) is 16.5. The molecule has 1 aliphatic heterocycles. The minimum Gasteiger partial charge on any atom is -0.316 e. The Bertz CT molecular complexity index is 540. The molecule has 2 rings (SSSR count). The van der Waals surface area contributed by atoms with Crippen molar-refractivity contribution in [3.05, 3.63) is 29.8 Å². The van der Waals surface area contributed by atoms with Crippen molar-refractivity contribution in [3.63, 3.8) is 0 Å². The molecule has 1 aliphatic rings. The van der Waals surface area contributed by atoms with Gasteiger partial charge in [-0.1, -0.05) is 31.9 Å². The molecule has 1 aromatic carbocycles. The summed E-state index contributed by atoms with van der Waals surface area (Å²) in [4.78, 5) is 0.419. The van der Waals surface area contributed by atoms with Crippen LogP contribution in [-0.2, 0) is 16.6 Å². The van der Waals surface area contributed by atoms with Crippen LogP contribution >= 0.6 is 0 Å². The number of rotatable bonds is 5. The highest BCUT2D eigenvalue weighted by atomic mass is 32.2. The van der Waals surface area contributed by atoms with E-state index in [4.69, 9.17) is 0 Å². The molecule has 0 aliphatic carbocycles. The Morgan fingerprint density at radius 3 is 2.52 bits per heavy atom. The Labute approximate surface area is 128 Å². The lowest BCUT2D eigenvalue weighted by molar-refractivity contribution is 0.315. The van der Waals surface area contributed by atoms with Crippen molar-refractivity contribution in [1.29, 1.82) is 0 Å². The summed E-state index contributed by atoms with van der Waals surface area (Å²) in [6.45, 7) is 3.48. The molecule has 0 spiro atoms. The molecule has 1 aromatic rings. The van der Waals surface area contributed by atoms with Crippen molar-refractivity contribution >= 4 is 10.0 Å². The van der Waals surface area contributed by atoms with Crippen LogP contribution in [0.4, 0.5) is 0 Å². The lowest BCUT2D eigenvalue weighted by Crippen LogP contribution is -2.39. The van der Waals surface area contributed by atoms with Crippen molar-refractivity contribution in [1.82, 2.24) is 9.62 Å². The molecule has 1 heterocycles. The monoisotopic (exact) mass is 310 g/mol. The van der Waals surface area contributed by atoms with E-state index >= 15 is 0 Å².